The van der Waals surface area contributed by atoms with E-state index in [0.717, 1.165) is 0 Å². The molecule has 2 nitrogen and oxygen atoms in total. The summed E-state index contributed by atoms with van der Waals surface area (Å²) < 4.78 is 13.0. The number of hydrogen-bond donors (Lipinski definition) is 2. The van der Waals surface area contributed by atoms with Gasteiger partial charge in [0, 0.05) is 24.5 Å². The van der Waals surface area contributed by atoms with Crippen molar-refractivity contribution in [3.05, 3.63) is 29.1 Å². The lowest BCUT2D eigenvalue weighted by atomic mass is 10.1. The summed E-state index contributed by atoms with van der Waals surface area (Å²) in [5.41, 5.74) is 1.91. The molecule has 0 bridgehead atoms. The van der Waals surface area contributed by atoms with Crippen LogP contribution in [0, 0.1) is 18.2 Å². The van der Waals surface area contributed by atoms with E-state index in [1.54, 1.807) is 20.0 Å². The van der Waals surface area contributed by atoms with Crippen LogP contribution < -0.4 is 5.32 Å². The van der Waals surface area contributed by atoms with Crippen molar-refractivity contribution in [1.82, 2.24) is 0 Å². The van der Waals surface area contributed by atoms with Crippen LogP contribution in [-0.4, -0.2) is 13.3 Å². The minimum atomic E-state index is -0.245. The van der Waals surface area contributed by atoms with Crippen LogP contribution in [0.25, 0.3) is 0 Å². The molecule has 0 radical (unpaired) electrons. The Balaban J connectivity index is 3.28. The van der Waals surface area contributed by atoms with E-state index in [9.17, 15) is 4.39 Å². The molecule has 0 amide bonds. The predicted octanol–water partition coefficient (Wildman–Crippen LogP) is 2.17. The van der Waals surface area contributed by atoms with Gasteiger partial charge in [-0.2, -0.15) is 0 Å². The zero-order valence-corrected chi connectivity index (χ0v) is 7.11. The van der Waals surface area contributed by atoms with Gasteiger partial charge in [0.1, 0.15) is 5.82 Å². The molecule has 0 fully saturated rings. The molecular weight excluding hydrogens is 155 g/mol. The molecule has 0 atom stereocenters. The van der Waals surface area contributed by atoms with Gasteiger partial charge in [-0.1, -0.05) is 0 Å². The maximum absolute atomic E-state index is 13.0. The Bertz CT molecular complexity index is 308. The number of aryl methyl sites for hydroxylation is 1. The molecule has 2 N–H and O–H groups in total. The Morgan fingerprint density at radius 2 is 2.17 bits per heavy atom. The van der Waals surface area contributed by atoms with Gasteiger partial charge in [-0.05, 0) is 24.6 Å². The Morgan fingerprint density at radius 1 is 1.50 bits per heavy atom. The smallest absolute Gasteiger partial charge is 0.128 e. The molecule has 0 saturated carbocycles. The molecule has 0 saturated heterocycles. The van der Waals surface area contributed by atoms with E-state index in [4.69, 9.17) is 5.41 Å². The van der Waals surface area contributed by atoms with Crippen molar-refractivity contribution in [3.63, 3.8) is 0 Å². The molecule has 12 heavy (non-hydrogen) atoms. The topological polar surface area (TPSA) is 35.9 Å². The average Bonchev–Trinajstić information content (AvgIpc) is 2.09. The predicted molar refractivity (Wildman–Crippen MR) is 48.6 cm³/mol. The van der Waals surface area contributed by atoms with Crippen LogP contribution in [0.4, 0.5) is 10.1 Å². The highest BCUT2D eigenvalue weighted by atomic mass is 19.1. The molecule has 1 aromatic rings. The Hall–Kier alpha value is -1.38. The lowest BCUT2D eigenvalue weighted by molar-refractivity contribution is 0.619. The minimum absolute atomic E-state index is 0.245. The summed E-state index contributed by atoms with van der Waals surface area (Å²) in [6.07, 6.45) is 1.21. The number of hydrogen-bond acceptors (Lipinski definition) is 2. The first kappa shape index (κ1) is 8.71. The average molecular weight is 166 g/mol. The van der Waals surface area contributed by atoms with Crippen molar-refractivity contribution >= 4 is 11.9 Å². The summed E-state index contributed by atoms with van der Waals surface area (Å²) in [6.45, 7) is 1.68. The van der Waals surface area contributed by atoms with Crippen molar-refractivity contribution in [2.24, 2.45) is 0 Å². The number of benzene rings is 1. The van der Waals surface area contributed by atoms with E-state index < -0.39 is 0 Å². The molecular formula is C9H11FN2. The van der Waals surface area contributed by atoms with Crippen molar-refractivity contribution in [2.75, 3.05) is 12.4 Å². The van der Waals surface area contributed by atoms with Crippen LogP contribution >= 0.6 is 0 Å². The molecule has 1 rings (SSSR count). The van der Waals surface area contributed by atoms with Crippen LogP contribution in [0.15, 0.2) is 12.1 Å². The highest BCUT2D eigenvalue weighted by Crippen LogP contribution is 2.17. The molecule has 0 aliphatic rings. The molecule has 0 spiro atoms. The Morgan fingerprint density at radius 3 is 2.67 bits per heavy atom. The van der Waals surface area contributed by atoms with Crippen LogP contribution in [0.3, 0.4) is 0 Å². The molecule has 64 valence electrons. The number of anilines is 1. The maximum Gasteiger partial charge on any atom is 0.128 e. The molecule has 0 aliphatic carbocycles. The minimum Gasteiger partial charge on any atom is -0.388 e. The fraction of sp³-hybridized carbons (Fsp3) is 0.222. The van der Waals surface area contributed by atoms with Gasteiger partial charge in [-0.3, -0.25) is 0 Å². The van der Waals surface area contributed by atoms with Gasteiger partial charge >= 0.3 is 0 Å². The summed E-state index contributed by atoms with van der Waals surface area (Å²) in [4.78, 5) is 0. The van der Waals surface area contributed by atoms with Crippen molar-refractivity contribution in [3.8, 4) is 0 Å². The van der Waals surface area contributed by atoms with Crippen molar-refractivity contribution in [2.45, 2.75) is 6.92 Å². The molecule has 0 aliphatic heterocycles. The fourth-order valence-corrected chi connectivity index (χ4v) is 1.04. The van der Waals surface area contributed by atoms with Crippen LogP contribution in [0.2, 0.25) is 0 Å². The van der Waals surface area contributed by atoms with Gasteiger partial charge in [-0.25, -0.2) is 4.39 Å². The monoisotopic (exact) mass is 166 g/mol. The first-order valence-electron chi connectivity index (χ1n) is 3.67. The molecule has 0 heterocycles. The first-order valence-corrected chi connectivity index (χ1v) is 3.67. The molecule has 3 heteroatoms. The maximum atomic E-state index is 13.0. The Labute approximate surface area is 70.9 Å². The van der Waals surface area contributed by atoms with E-state index in [2.05, 4.69) is 5.32 Å². The first-order chi connectivity index (χ1) is 5.69. The summed E-state index contributed by atoms with van der Waals surface area (Å²) in [7, 11) is 1.71. The number of halogens is 1. The zero-order valence-electron chi connectivity index (χ0n) is 7.11. The van der Waals surface area contributed by atoms with Gasteiger partial charge in [0.2, 0.25) is 0 Å². The summed E-state index contributed by atoms with van der Waals surface area (Å²) >= 11 is 0. The van der Waals surface area contributed by atoms with E-state index in [-0.39, 0.29) is 5.82 Å². The van der Waals surface area contributed by atoms with Crippen molar-refractivity contribution < 1.29 is 4.39 Å². The van der Waals surface area contributed by atoms with Crippen LogP contribution in [-0.2, 0) is 0 Å². The van der Waals surface area contributed by atoms with E-state index in [1.165, 1.54) is 12.3 Å². The largest absolute Gasteiger partial charge is 0.388 e. The van der Waals surface area contributed by atoms with Gasteiger partial charge in [0.15, 0.2) is 0 Å². The lowest BCUT2D eigenvalue weighted by Crippen LogP contribution is -1.97. The van der Waals surface area contributed by atoms with E-state index >= 15 is 0 Å². The second kappa shape index (κ2) is 3.34. The van der Waals surface area contributed by atoms with Crippen LogP contribution in [0.1, 0.15) is 11.1 Å². The SMILES string of the molecule is CNc1cc(F)c(C)cc1C=N. The quantitative estimate of drug-likeness (QED) is 0.649. The fourth-order valence-electron chi connectivity index (χ4n) is 1.04. The summed E-state index contributed by atoms with van der Waals surface area (Å²) in [5.74, 6) is -0.245. The molecule has 0 aromatic heterocycles. The van der Waals surface area contributed by atoms with Gasteiger partial charge < -0.3 is 10.7 Å². The van der Waals surface area contributed by atoms with Gasteiger partial charge in [-0.15, -0.1) is 0 Å². The van der Waals surface area contributed by atoms with Crippen LogP contribution in [0.5, 0.6) is 0 Å². The number of rotatable bonds is 2. The molecule has 0 unspecified atom stereocenters. The van der Waals surface area contributed by atoms with E-state index in [0.29, 0.717) is 16.8 Å². The summed E-state index contributed by atoms with van der Waals surface area (Å²) in [5, 5.41) is 9.89. The van der Waals surface area contributed by atoms with Gasteiger partial charge in [0.05, 0.1) is 0 Å². The highest BCUT2D eigenvalue weighted by molar-refractivity contribution is 5.86. The van der Waals surface area contributed by atoms with Crippen molar-refractivity contribution in [1.29, 1.82) is 5.41 Å². The standard InChI is InChI=1S/C9H11FN2/c1-6-3-7(5-11)9(12-2)4-8(6)10/h3-5,11-12H,1-2H3. The van der Waals surface area contributed by atoms with E-state index in [1.807, 2.05) is 0 Å². The highest BCUT2D eigenvalue weighted by Gasteiger charge is 2.03. The Kier molecular flexibility index (Phi) is 2.43. The lowest BCUT2D eigenvalue weighted by Gasteiger charge is -2.06. The second-order valence-electron chi connectivity index (χ2n) is 2.58. The zero-order chi connectivity index (χ0) is 9.14. The van der Waals surface area contributed by atoms with Gasteiger partial charge in [0.25, 0.3) is 0 Å². The summed E-state index contributed by atoms with van der Waals surface area (Å²) in [6, 6.07) is 3.05. The third-order valence-corrected chi connectivity index (χ3v) is 1.76. The normalized spacial score (nSPS) is 9.58. The third kappa shape index (κ3) is 1.44. The molecule has 1 aromatic carbocycles. The second-order valence-corrected chi connectivity index (χ2v) is 2.58. The number of nitrogens with one attached hydrogen (secondary N) is 2. The third-order valence-electron chi connectivity index (χ3n) is 1.76.